The molecule has 1 aliphatic heterocycles. The van der Waals surface area contributed by atoms with E-state index in [0.29, 0.717) is 23.3 Å². The molecule has 2 aliphatic rings. The summed E-state index contributed by atoms with van der Waals surface area (Å²) in [4.78, 5) is 24.7. The van der Waals surface area contributed by atoms with Crippen LogP contribution in [0.15, 0.2) is 24.3 Å². The SMILES string of the molecule is COC(=O)/C=C/c1ccc(NC2CC(C)N(C3CC3)C2)c([N+](=O)[O-])c1. The molecule has 2 atom stereocenters. The second kappa shape index (κ2) is 7.23. The Morgan fingerprint density at radius 1 is 1.44 bits per heavy atom. The Bertz CT molecular complexity index is 700. The lowest BCUT2D eigenvalue weighted by Crippen LogP contribution is -2.31. The number of likely N-dealkylation sites (tertiary alicyclic amines) is 1. The lowest BCUT2D eigenvalue weighted by atomic mass is 10.1. The number of nitrogens with zero attached hydrogens (tertiary/aromatic N) is 2. The standard InChI is InChI=1S/C18H23N3O4/c1-12-9-14(11-20(12)15-5-6-15)19-16-7-3-13(4-8-18(22)25-2)10-17(16)21(23)24/h3-4,7-8,10,12,14-15,19H,5-6,9,11H2,1-2H3/b8-4+. The van der Waals surface area contributed by atoms with Gasteiger partial charge in [-0.3, -0.25) is 15.0 Å². The minimum atomic E-state index is -0.495. The molecule has 0 amide bonds. The highest BCUT2D eigenvalue weighted by atomic mass is 16.6. The Hall–Kier alpha value is -2.41. The number of rotatable bonds is 6. The first-order valence-corrected chi connectivity index (χ1v) is 8.54. The molecule has 1 aromatic rings. The van der Waals surface area contributed by atoms with E-state index in [1.807, 2.05) is 0 Å². The summed E-state index contributed by atoms with van der Waals surface area (Å²) in [5.41, 5.74) is 1.13. The van der Waals surface area contributed by atoms with Crippen molar-refractivity contribution in [1.82, 2.24) is 4.90 Å². The summed E-state index contributed by atoms with van der Waals surface area (Å²) in [5, 5.41) is 14.8. The number of hydrogen-bond acceptors (Lipinski definition) is 6. The van der Waals surface area contributed by atoms with Crippen LogP contribution < -0.4 is 5.32 Å². The summed E-state index contributed by atoms with van der Waals surface area (Å²) in [6.07, 6.45) is 6.27. The van der Waals surface area contributed by atoms with Gasteiger partial charge in [0.2, 0.25) is 0 Å². The second-order valence-electron chi connectivity index (χ2n) is 6.74. The molecule has 2 fully saturated rings. The Balaban J connectivity index is 1.73. The molecule has 2 unspecified atom stereocenters. The quantitative estimate of drug-likeness (QED) is 0.369. The van der Waals surface area contributed by atoms with Crippen molar-refractivity contribution in [3.05, 3.63) is 40.0 Å². The van der Waals surface area contributed by atoms with E-state index >= 15 is 0 Å². The summed E-state index contributed by atoms with van der Waals surface area (Å²) in [5.74, 6) is -0.495. The smallest absolute Gasteiger partial charge is 0.330 e. The number of nitrogens with one attached hydrogen (secondary N) is 1. The van der Waals surface area contributed by atoms with E-state index in [1.165, 1.54) is 38.2 Å². The first kappa shape index (κ1) is 17.4. The van der Waals surface area contributed by atoms with Gasteiger partial charge in [0.1, 0.15) is 5.69 Å². The van der Waals surface area contributed by atoms with Crippen LogP contribution in [0.25, 0.3) is 6.08 Å². The van der Waals surface area contributed by atoms with Gasteiger partial charge in [-0.2, -0.15) is 0 Å². The number of benzene rings is 1. The van der Waals surface area contributed by atoms with Crippen LogP contribution in [0.5, 0.6) is 0 Å². The fraction of sp³-hybridized carbons (Fsp3) is 0.500. The lowest BCUT2D eigenvalue weighted by Gasteiger charge is -2.20. The average molecular weight is 345 g/mol. The zero-order valence-electron chi connectivity index (χ0n) is 14.5. The van der Waals surface area contributed by atoms with Gasteiger partial charge in [-0.1, -0.05) is 6.07 Å². The number of ether oxygens (including phenoxy) is 1. The second-order valence-corrected chi connectivity index (χ2v) is 6.74. The number of nitro benzene ring substituents is 1. The Kier molecular flexibility index (Phi) is 5.03. The minimum Gasteiger partial charge on any atom is -0.466 e. The van der Waals surface area contributed by atoms with Gasteiger partial charge in [0.05, 0.1) is 12.0 Å². The molecule has 0 spiro atoms. The zero-order chi connectivity index (χ0) is 18.0. The highest BCUT2D eigenvalue weighted by Crippen LogP contribution is 2.35. The minimum absolute atomic E-state index is 0.0181. The van der Waals surface area contributed by atoms with Gasteiger partial charge in [0.25, 0.3) is 5.69 Å². The molecular formula is C18H23N3O4. The van der Waals surface area contributed by atoms with Gasteiger partial charge in [-0.25, -0.2) is 4.79 Å². The number of esters is 1. The lowest BCUT2D eigenvalue weighted by molar-refractivity contribution is -0.384. The number of carbonyl (C=O) groups is 1. The monoisotopic (exact) mass is 345 g/mol. The van der Waals surface area contributed by atoms with Crippen molar-refractivity contribution in [2.24, 2.45) is 0 Å². The number of methoxy groups -OCH3 is 1. The van der Waals surface area contributed by atoms with Crippen molar-refractivity contribution in [3.8, 4) is 0 Å². The number of hydrogen-bond donors (Lipinski definition) is 1. The molecule has 1 aliphatic carbocycles. The van der Waals surface area contributed by atoms with E-state index in [9.17, 15) is 14.9 Å². The maximum atomic E-state index is 11.4. The molecule has 1 heterocycles. The highest BCUT2D eigenvalue weighted by Gasteiger charge is 2.39. The van der Waals surface area contributed by atoms with Crippen LogP contribution in [0, 0.1) is 10.1 Å². The van der Waals surface area contributed by atoms with Crippen molar-refractivity contribution >= 4 is 23.4 Å². The van der Waals surface area contributed by atoms with Crippen LogP contribution in [-0.2, 0) is 9.53 Å². The van der Waals surface area contributed by atoms with Gasteiger partial charge in [0.15, 0.2) is 0 Å². The van der Waals surface area contributed by atoms with Crippen LogP contribution >= 0.6 is 0 Å². The Labute approximate surface area is 146 Å². The van der Waals surface area contributed by atoms with E-state index in [4.69, 9.17) is 0 Å². The van der Waals surface area contributed by atoms with Crippen molar-refractivity contribution < 1.29 is 14.5 Å². The first-order valence-electron chi connectivity index (χ1n) is 8.54. The number of nitro groups is 1. The van der Waals surface area contributed by atoms with E-state index in [1.54, 1.807) is 12.1 Å². The van der Waals surface area contributed by atoms with E-state index in [-0.39, 0.29) is 11.7 Å². The maximum absolute atomic E-state index is 11.4. The van der Waals surface area contributed by atoms with E-state index in [0.717, 1.165) is 13.0 Å². The Morgan fingerprint density at radius 3 is 2.84 bits per heavy atom. The van der Waals surface area contributed by atoms with E-state index < -0.39 is 10.9 Å². The van der Waals surface area contributed by atoms with Crippen molar-refractivity contribution in [3.63, 3.8) is 0 Å². The maximum Gasteiger partial charge on any atom is 0.330 e. The summed E-state index contributed by atoms with van der Waals surface area (Å²) >= 11 is 0. The fourth-order valence-electron chi connectivity index (χ4n) is 3.45. The van der Waals surface area contributed by atoms with Gasteiger partial charge in [0, 0.05) is 36.8 Å². The molecule has 7 heteroatoms. The largest absolute Gasteiger partial charge is 0.466 e. The molecule has 0 radical (unpaired) electrons. The summed E-state index contributed by atoms with van der Waals surface area (Å²) in [7, 11) is 1.29. The predicted octanol–water partition coefficient (Wildman–Crippen LogP) is 2.82. The normalized spacial score (nSPS) is 23.8. The van der Waals surface area contributed by atoms with Crippen molar-refractivity contribution in [1.29, 1.82) is 0 Å². The van der Waals surface area contributed by atoms with Gasteiger partial charge in [-0.15, -0.1) is 0 Å². The molecule has 1 saturated carbocycles. The Morgan fingerprint density at radius 2 is 2.20 bits per heavy atom. The van der Waals surface area contributed by atoms with Crippen molar-refractivity contribution in [2.75, 3.05) is 19.0 Å². The van der Waals surface area contributed by atoms with Crippen LogP contribution in [0.1, 0.15) is 31.7 Å². The topological polar surface area (TPSA) is 84.7 Å². The molecule has 25 heavy (non-hydrogen) atoms. The summed E-state index contributed by atoms with van der Waals surface area (Å²) < 4.78 is 4.53. The van der Waals surface area contributed by atoms with Crippen molar-refractivity contribution in [2.45, 2.75) is 44.3 Å². The molecule has 7 nitrogen and oxygen atoms in total. The fourth-order valence-corrected chi connectivity index (χ4v) is 3.45. The van der Waals surface area contributed by atoms with Gasteiger partial charge < -0.3 is 10.1 Å². The van der Waals surface area contributed by atoms with Crippen LogP contribution in [-0.4, -0.2) is 47.6 Å². The molecule has 134 valence electrons. The van der Waals surface area contributed by atoms with Gasteiger partial charge in [-0.05, 0) is 43.9 Å². The summed E-state index contributed by atoms with van der Waals surface area (Å²) in [6, 6.07) is 6.35. The van der Waals surface area contributed by atoms with Crippen LogP contribution in [0.2, 0.25) is 0 Å². The average Bonchev–Trinajstić information content (AvgIpc) is 3.37. The molecule has 0 aromatic heterocycles. The van der Waals surface area contributed by atoms with Gasteiger partial charge >= 0.3 is 5.97 Å². The third-order valence-corrected chi connectivity index (χ3v) is 4.83. The molecule has 3 rings (SSSR count). The molecule has 0 bridgehead atoms. The number of anilines is 1. The molecule has 1 N–H and O–H groups in total. The highest BCUT2D eigenvalue weighted by molar-refractivity contribution is 5.87. The third kappa shape index (κ3) is 4.17. The third-order valence-electron chi connectivity index (χ3n) is 4.83. The molecule has 1 saturated heterocycles. The first-order chi connectivity index (χ1) is 12.0. The van der Waals surface area contributed by atoms with Crippen LogP contribution in [0.3, 0.4) is 0 Å². The van der Waals surface area contributed by atoms with E-state index in [2.05, 4.69) is 21.9 Å². The number of carbonyl (C=O) groups excluding carboxylic acids is 1. The predicted molar refractivity (Wildman–Crippen MR) is 95.4 cm³/mol. The zero-order valence-corrected chi connectivity index (χ0v) is 14.5. The summed E-state index contributed by atoms with van der Waals surface area (Å²) in [6.45, 7) is 3.14. The molecular weight excluding hydrogens is 322 g/mol. The molecule has 1 aromatic carbocycles. The van der Waals surface area contributed by atoms with Crippen LogP contribution in [0.4, 0.5) is 11.4 Å².